The summed E-state index contributed by atoms with van der Waals surface area (Å²) >= 11 is 7.64. The summed E-state index contributed by atoms with van der Waals surface area (Å²) in [4.78, 5) is 3.07. The Kier molecular flexibility index (Phi) is 3.08. The minimum Gasteiger partial charge on any atom is -0.352 e. The summed E-state index contributed by atoms with van der Waals surface area (Å²) in [5, 5.41) is 9.72. The Morgan fingerprint density at radius 3 is 2.50 bits per heavy atom. The highest BCUT2D eigenvalue weighted by molar-refractivity contribution is 9.10. The van der Waals surface area contributed by atoms with Gasteiger partial charge in [0.2, 0.25) is 0 Å². The molecular formula is C12H9BrN2S. The lowest BCUT2D eigenvalue weighted by Gasteiger charge is -2.01. The second-order valence-corrected chi connectivity index (χ2v) is 4.83. The molecule has 0 aliphatic heterocycles. The van der Waals surface area contributed by atoms with Crippen molar-refractivity contribution in [3.8, 4) is 17.2 Å². The van der Waals surface area contributed by atoms with Crippen molar-refractivity contribution in [1.29, 1.82) is 5.26 Å². The summed E-state index contributed by atoms with van der Waals surface area (Å²) < 4.78 is 1.02. The van der Waals surface area contributed by atoms with Gasteiger partial charge in [-0.1, -0.05) is 28.1 Å². The number of nitrogens with one attached hydrogen (secondary N) is 1. The standard InChI is InChI=1S/C12H9BrN2S/c1-7-11(10(6-14)12(16)15-7)8-2-4-9(13)5-3-8/h2-5,15-16H,1H3. The molecule has 1 aromatic heterocycles. The average molecular weight is 293 g/mol. The van der Waals surface area contributed by atoms with Crippen LogP contribution in [0.5, 0.6) is 0 Å². The molecule has 0 saturated heterocycles. The van der Waals surface area contributed by atoms with Gasteiger partial charge in [-0.3, -0.25) is 0 Å². The molecule has 4 heteroatoms. The summed E-state index contributed by atoms with van der Waals surface area (Å²) in [6.45, 7) is 1.94. The van der Waals surface area contributed by atoms with Crippen LogP contribution in [0.15, 0.2) is 33.8 Å². The maximum absolute atomic E-state index is 9.10. The Balaban J connectivity index is 2.64. The van der Waals surface area contributed by atoms with Crippen LogP contribution in [0, 0.1) is 18.3 Å². The van der Waals surface area contributed by atoms with Crippen LogP contribution in [0.3, 0.4) is 0 Å². The molecule has 16 heavy (non-hydrogen) atoms. The van der Waals surface area contributed by atoms with Gasteiger partial charge in [0.25, 0.3) is 0 Å². The molecule has 0 spiro atoms. The zero-order valence-electron chi connectivity index (χ0n) is 8.58. The number of hydrogen-bond donors (Lipinski definition) is 2. The minimum atomic E-state index is 0.600. The van der Waals surface area contributed by atoms with Crippen molar-refractivity contribution in [3.63, 3.8) is 0 Å². The van der Waals surface area contributed by atoms with E-state index in [1.54, 1.807) is 0 Å². The van der Waals surface area contributed by atoms with Gasteiger partial charge in [-0.05, 0) is 24.6 Å². The number of H-pyrrole nitrogens is 1. The van der Waals surface area contributed by atoms with Crippen LogP contribution in [-0.4, -0.2) is 4.98 Å². The van der Waals surface area contributed by atoms with Crippen molar-refractivity contribution in [1.82, 2.24) is 4.98 Å². The molecule has 0 unspecified atom stereocenters. The molecule has 2 nitrogen and oxygen atoms in total. The highest BCUT2D eigenvalue weighted by Crippen LogP contribution is 2.31. The van der Waals surface area contributed by atoms with E-state index in [1.807, 2.05) is 31.2 Å². The fourth-order valence-corrected chi connectivity index (χ4v) is 2.29. The smallest absolute Gasteiger partial charge is 0.103 e. The number of nitrogens with zero attached hydrogens (tertiary/aromatic N) is 1. The van der Waals surface area contributed by atoms with E-state index >= 15 is 0 Å². The van der Waals surface area contributed by atoms with Crippen molar-refractivity contribution in [3.05, 3.63) is 40.0 Å². The summed E-state index contributed by atoms with van der Waals surface area (Å²) in [5.74, 6) is 0. The van der Waals surface area contributed by atoms with Crippen LogP contribution in [0.4, 0.5) is 0 Å². The number of hydrogen-bond acceptors (Lipinski definition) is 2. The molecule has 0 amide bonds. The van der Waals surface area contributed by atoms with Crippen LogP contribution in [0.2, 0.25) is 0 Å². The number of aromatic nitrogens is 1. The Morgan fingerprint density at radius 1 is 1.31 bits per heavy atom. The number of nitriles is 1. The predicted octanol–water partition coefficient (Wildman–Crippen LogP) is 3.91. The SMILES string of the molecule is Cc1[nH]c(S)c(C#N)c1-c1ccc(Br)cc1. The monoisotopic (exact) mass is 292 g/mol. The Morgan fingerprint density at radius 2 is 1.94 bits per heavy atom. The molecule has 0 bridgehead atoms. The van der Waals surface area contributed by atoms with Gasteiger partial charge in [0.1, 0.15) is 6.07 Å². The lowest BCUT2D eigenvalue weighted by atomic mass is 10.0. The van der Waals surface area contributed by atoms with Gasteiger partial charge >= 0.3 is 0 Å². The summed E-state index contributed by atoms with van der Waals surface area (Å²) in [7, 11) is 0. The molecule has 2 rings (SSSR count). The van der Waals surface area contributed by atoms with E-state index in [9.17, 15) is 0 Å². The van der Waals surface area contributed by atoms with E-state index in [4.69, 9.17) is 5.26 Å². The van der Waals surface area contributed by atoms with Crippen LogP contribution in [0.25, 0.3) is 11.1 Å². The van der Waals surface area contributed by atoms with Gasteiger partial charge in [0.15, 0.2) is 0 Å². The van der Waals surface area contributed by atoms with E-state index in [-0.39, 0.29) is 0 Å². The second kappa shape index (κ2) is 4.36. The van der Waals surface area contributed by atoms with E-state index in [0.29, 0.717) is 10.6 Å². The van der Waals surface area contributed by atoms with Gasteiger partial charge < -0.3 is 4.98 Å². The quantitative estimate of drug-likeness (QED) is 0.769. The average Bonchev–Trinajstić information content (AvgIpc) is 2.54. The number of halogens is 1. The van der Waals surface area contributed by atoms with E-state index in [2.05, 4.69) is 39.6 Å². The Labute approximate surface area is 108 Å². The fraction of sp³-hybridized carbons (Fsp3) is 0.0833. The van der Waals surface area contributed by atoms with Gasteiger partial charge in [-0.2, -0.15) is 5.26 Å². The molecule has 1 heterocycles. The van der Waals surface area contributed by atoms with Crippen LogP contribution in [-0.2, 0) is 0 Å². The first kappa shape index (κ1) is 11.3. The molecule has 0 atom stereocenters. The lowest BCUT2D eigenvalue weighted by molar-refractivity contribution is 1.14. The first-order valence-electron chi connectivity index (χ1n) is 4.71. The second-order valence-electron chi connectivity index (χ2n) is 3.47. The molecule has 0 aliphatic rings. The highest BCUT2D eigenvalue weighted by Gasteiger charge is 2.14. The Bertz CT molecular complexity index is 564. The minimum absolute atomic E-state index is 0.600. The van der Waals surface area contributed by atoms with Crippen LogP contribution in [0.1, 0.15) is 11.3 Å². The Hall–Kier alpha value is -1.18. The van der Waals surface area contributed by atoms with Crippen molar-refractivity contribution < 1.29 is 0 Å². The predicted molar refractivity (Wildman–Crippen MR) is 70.6 cm³/mol. The summed E-state index contributed by atoms with van der Waals surface area (Å²) in [5.41, 5.74) is 3.51. The number of rotatable bonds is 1. The largest absolute Gasteiger partial charge is 0.352 e. The normalized spacial score (nSPS) is 10.1. The molecule has 1 N–H and O–H groups in total. The van der Waals surface area contributed by atoms with E-state index in [1.165, 1.54) is 0 Å². The van der Waals surface area contributed by atoms with Gasteiger partial charge in [0.05, 0.1) is 10.6 Å². The number of thiol groups is 1. The fourth-order valence-electron chi connectivity index (χ4n) is 1.69. The first-order chi connectivity index (χ1) is 7.63. The third-order valence-corrected chi connectivity index (χ3v) is 3.28. The van der Waals surface area contributed by atoms with E-state index in [0.717, 1.165) is 21.3 Å². The van der Waals surface area contributed by atoms with E-state index < -0.39 is 0 Å². The third-order valence-electron chi connectivity index (χ3n) is 2.41. The molecule has 2 aromatic rings. The zero-order chi connectivity index (χ0) is 11.7. The third kappa shape index (κ3) is 1.89. The highest BCUT2D eigenvalue weighted by atomic mass is 79.9. The van der Waals surface area contributed by atoms with Crippen LogP contribution >= 0.6 is 28.6 Å². The van der Waals surface area contributed by atoms with Gasteiger partial charge in [0, 0.05) is 15.7 Å². The maximum Gasteiger partial charge on any atom is 0.103 e. The summed E-state index contributed by atoms with van der Waals surface area (Å²) in [6, 6.07) is 10.1. The maximum atomic E-state index is 9.10. The molecule has 0 radical (unpaired) electrons. The molecule has 0 saturated carbocycles. The van der Waals surface area contributed by atoms with Gasteiger partial charge in [-0.25, -0.2) is 0 Å². The topological polar surface area (TPSA) is 39.6 Å². The molecule has 1 aromatic carbocycles. The molecular weight excluding hydrogens is 284 g/mol. The van der Waals surface area contributed by atoms with Crippen molar-refractivity contribution >= 4 is 28.6 Å². The van der Waals surface area contributed by atoms with Crippen LogP contribution < -0.4 is 0 Å². The summed E-state index contributed by atoms with van der Waals surface area (Å²) in [6.07, 6.45) is 0. The van der Waals surface area contributed by atoms with Gasteiger partial charge in [-0.15, -0.1) is 12.6 Å². The van der Waals surface area contributed by atoms with Crippen molar-refractivity contribution in [2.75, 3.05) is 0 Å². The number of aromatic amines is 1. The van der Waals surface area contributed by atoms with Crippen molar-refractivity contribution in [2.24, 2.45) is 0 Å². The first-order valence-corrected chi connectivity index (χ1v) is 5.95. The zero-order valence-corrected chi connectivity index (χ0v) is 11.1. The molecule has 0 aliphatic carbocycles. The number of benzene rings is 1. The van der Waals surface area contributed by atoms with Crippen molar-refractivity contribution in [2.45, 2.75) is 11.9 Å². The molecule has 80 valence electrons. The molecule has 0 fully saturated rings. The lowest BCUT2D eigenvalue weighted by Crippen LogP contribution is -1.82. The number of aryl methyl sites for hydroxylation is 1.